The molecule has 1 aromatic rings. The van der Waals surface area contributed by atoms with Gasteiger partial charge in [0.05, 0.1) is 12.4 Å². The lowest BCUT2D eigenvalue weighted by Crippen LogP contribution is -2.22. The van der Waals surface area contributed by atoms with Crippen molar-refractivity contribution < 1.29 is 9.53 Å². The smallest absolute Gasteiger partial charge is 0.225 e. The minimum Gasteiger partial charge on any atom is -0.379 e. The van der Waals surface area contributed by atoms with Crippen molar-refractivity contribution in [3.8, 4) is 0 Å². The van der Waals surface area contributed by atoms with Crippen LogP contribution in [-0.4, -0.2) is 41.3 Å². The Hall–Kier alpha value is -1.40. The van der Waals surface area contributed by atoms with Gasteiger partial charge in [-0.05, 0) is 33.2 Å². The molecule has 0 saturated carbocycles. The Kier molecular flexibility index (Phi) is 9.50. The molecule has 0 aliphatic heterocycles. The molecule has 6 heteroatoms. The number of hydrogen-bond donors (Lipinski definition) is 2. The van der Waals surface area contributed by atoms with Crippen molar-refractivity contribution in [3.05, 3.63) is 12.5 Å². The van der Waals surface area contributed by atoms with Crippen molar-refractivity contribution in [3.63, 3.8) is 0 Å². The Labute approximate surface area is 133 Å². The lowest BCUT2D eigenvalue weighted by molar-refractivity contribution is -0.116. The summed E-state index contributed by atoms with van der Waals surface area (Å²) in [6.45, 7) is 9.62. The number of imidazole rings is 1. The highest BCUT2D eigenvalue weighted by Gasteiger charge is 2.04. The average Bonchev–Trinajstić information content (AvgIpc) is 2.91. The number of amides is 1. The van der Waals surface area contributed by atoms with E-state index in [9.17, 15) is 4.79 Å². The van der Waals surface area contributed by atoms with Gasteiger partial charge >= 0.3 is 0 Å². The van der Waals surface area contributed by atoms with Crippen LogP contribution in [0.2, 0.25) is 0 Å². The summed E-state index contributed by atoms with van der Waals surface area (Å²) in [5.74, 6) is 0.668. The van der Waals surface area contributed by atoms with Gasteiger partial charge in [-0.3, -0.25) is 4.79 Å². The van der Waals surface area contributed by atoms with E-state index in [0.717, 1.165) is 45.5 Å². The molecule has 0 fully saturated rings. The van der Waals surface area contributed by atoms with Crippen molar-refractivity contribution in [2.24, 2.45) is 0 Å². The lowest BCUT2D eigenvalue weighted by Gasteiger charge is -2.08. The number of ether oxygens (including phenoxy) is 1. The Balaban J connectivity index is 2.10. The summed E-state index contributed by atoms with van der Waals surface area (Å²) in [6.07, 6.45) is 7.43. The molecule has 0 aliphatic carbocycles. The second kappa shape index (κ2) is 11.2. The number of rotatable bonds is 12. The summed E-state index contributed by atoms with van der Waals surface area (Å²) in [5.41, 5.74) is 0. The van der Waals surface area contributed by atoms with Crippen LogP contribution in [0.25, 0.3) is 0 Å². The summed E-state index contributed by atoms with van der Waals surface area (Å²) in [7, 11) is 0. The SMILES string of the molecule is CCCCC(=O)Nc1cn(CCNCCCOC(C)C)cn1. The molecule has 0 atom stereocenters. The number of nitrogens with one attached hydrogen (secondary N) is 2. The maximum absolute atomic E-state index is 11.6. The fourth-order valence-corrected chi connectivity index (χ4v) is 1.94. The summed E-state index contributed by atoms with van der Waals surface area (Å²) >= 11 is 0. The topological polar surface area (TPSA) is 68.2 Å². The molecule has 6 nitrogen and oxygen atoms in total. The van der Waals surface area contributed by atoms with Crippen LogP contribution >= 0.6 is 0 Å². The summed E-state index contributed by atoms with van der Waals surface area (Å²) < 4.78 is 7.46. The fraction of sp³-hybridized carbons (Fsp3) is 0.750. The molecule has 0 aliphatic rings. The van der Waals surface area contributed by atoms with Gasteiger partial charge in [-0.2, -0.15) is 0 Å². The lowest BCUT2D eigenvalue weighted by atomic mass is 10.2. The van der Waals surface area contributed by atoms with Crippen LogP contribution in [0.5, 0.6) is 0 Å². The predicted octanol–water partition coefficient (Wildman–Crippen LogP) is 2.42. The van der Waals surface area contributed by atoms with Crippen LogP contribution in [0.4, 0.5) is 5.82 Å². The van der Waals surface area contributed by atoms with Gasteiger partial charge < -0.3 is 19.9 Å². The maximum atomic E-state index is 11.6. The highest BCUT2D eigenvalue weighted by atomic mass is 16.5. The van der Waals surface area contributed by atoms with Crippen LogP contribution in [-0.2, 0) is 16.1 Å². The number of carbonyl (C=O) groups excluding carboxylic acids is 1. The van der Waals surface area contributed by atoms with E-state index in [0.29, 0.717) is 18.3 Å². The van der Waals surface area contributed by atoms with Gasteiger partial charge in [0.1, 0.15) is 0 Å². The third kappa shape index (κ3) is 8.79. The zero-order valence-electron chi connectivity index (χ0n) is 14.1. The molecule has 0 saturated heterocycles. The number of anilines is 1. The second-order valence-electron chi connectivity index (χ2n) is 5.67. The number of carbonyl (C=O) groups is 1. The summed E-state index contributed by atoms with van der Waals surface area (Å²) in [6, 6.07) is 0. The monoisotopic (exact) mass is 310 g/mol. The molecular formula is C16H30N4O2. The largest absolute Gasteiger partial charge is 0.379 e. The van der Waals surface area contributed by atoms with E-state index in [-0.39, 0.29) is 5.91 Å². The Morgan fingerprint density at radius 1 is 1.36 bits per heavy atom. The van der Waals surface area contributed by atoms with E-state index in [1.165, 1.54) is 0 Å². The van der Waals surface area contributed by atoms with Crippen LogP contribution in [0.15, 0.2) is 12.5 Å². The van der Waals surface area contributed by atoms with Gasteiger partial charge in [0.25, 0.3) is 0 Å². The summed E-state index contributed by atoms with van der Waals surface area (Å²) in [4.78, 5) is 15.8. The molecule has 1 rings (SSSR count). The van der Waals surface area contributed by atoms with Crippen molar-refractivity contribution in [1.29, 1.82) is 0 Å². The van der Waals surface area contributed by atoms with Gasteiger partial charge in [0, 0.05) is 32.3 Å². The Morgan fingerprint density at radius 2 is 2.18 bits per heavy atom. The van der Waals surface area contributed by atoms with Crippen LogP contribution < -0.4 is 10.6 Å². The molecule has 0 radical (unpaired) electrons. The van der Waals surface area contributed by atoms with Crippen LogP contribution in [0.1, 0.15) is 46.5 Å². The van der Waals surface area contributed by atoms with Gasteiger partial charge in [-0.15, -0.1) is 0 Å². The van der Waals surface area contributed by atoms with Gasteiger partial charge in [-0.1, -0.05) is 13.3 Å². The van der Waals surface area contributed by atoms with E-state index < -0.39 is 0 Å². The van der Waals surface area contributed by atoms with Crippen LogP contribution in [0.3, 0.4) is 0 Å². The average molecular weight is 310 g/mol. The van der Waals surface area contributed by atoms with Gasteiger partial charge in [0.2, 0.25) is 5.91 Å². The number of unbranched alkanes of at least 4 members (excludes halogenated alkanes) is 1. The molecule has 0 aromatic carbocycles. The van der Waals surface area contributed by atoms with Gasteiger partial charge in [-0.25, -0.2) is 4.98 Å². The zero-order chi connectivity index (χ0) is 16.2. The molecule has 1 heterocycles. The Morgan fingerprint density at radius 3 is 2.91 bits per heavy atom. The van der Waals surface area contributed by atoms with E-state index in [4.69, 9.17) is 4.74 Å². The van der Waals surface area contributed by atoms with E-state index in [2.05, 4.69) is 22.5 Å². The molecule has 1 amide bonds. The zero-order valence-corrected chi connectivity index (χ0v) is 14.1. The molecule has 0 spiro atoms. The molecular weight excluding hydrogens is 280 g/mol. The highest BCUT2D eigenvalue weighted by molar-refractivity contribution is 5.89. The molecule has 0 bridgehead atoms. The van der Waals surface area contributed by atoms with Gasteiger partial charge in [0.15, 0.2) is 5.82 Å². The third-order valence-electron chi connectivity index (χ3n) is 3.15. The van der Waals surface area contributed by atoms with Crippen LogP contribution in [0, 0.1) is 0 Å². The molecule has 1 aromatic heterocycles. The maximum Gasteiger partial charge on any atom is 0.225 e. The van der Waals surface area contributed by atoms with Crippen molar-refractivity contribution in [1.82, 2.24) is 14.9 Å². The second-order valence-corrected chi connectivity index (χ2v) is 5.67. The van der Waals surface area contributed by atoms with E-state index >= 15 is 0 Å². The predicted molar refractivity (Wildman–Crippen MR) is 89.0 cm³/mol. The third-order valence-corrected chi connectivity index (χ3v) is 3.15. The number of aromatic nitrogens is 2. The van der Waals surface area contributed by atoms with Crippen molar-refractivity contribution in [2.75, 3.05) is 25.0 Å². The molecule has 22 heavy (non-hydrogen) atoms. The van der Waals surface area contributed by atoms with Crippen molar-refractivity contribution in [2.45, 2.75) is 59.1 Å². The first-order valence-corrected chi connectivity index (χ1v) is 8.25. The van der Waals surface area contributed by atoms with E-state index in [1.54, 1.807) is 6.33 Å². The quantitative estimate of drug-likeness (QED) is 0.582. The Bertz CT molecular complexity index is 418. The van der Waals surface area contributed by atoms with E-state index in [1.807, 2.05) is 24.6 Å². The van der Waals surface area contributed by atoms with Crippen molar-refractivity contribution >= 4 is 11.7 Å². The fourth-order valence-electron chi connectivity index (χ4n) is 1.94. The first kappa shape index (κ1) is 18.6. The first-order chi connectivity index (χ1) is 10.6. The molecule has 2 N–H and O–H groups in total. The summed E-state index contributed by atoms with van der Waals surface area (Å²) in [5, 5.41) is 6.19. The number of nitrogens with zero attached hydrogens (tertiary/aromatic N) is 2. The highest BCUT2D eigenvalue weighted by Crippen LogP contribution is 2.04. The normalized spacial score (nSPS) is 11.1. The first-order valence-electron chi connectivity index (χ1n) is 8.25. The molecule has 0 unspecified atom stereocenters. The number of hydrogen-bond acceptors (Lipinski definition) is 4. The molecule has 126 valence electrons. The minimum absolute atomic E-state index is 0.0374. The minimum atomic E-state index is 0.0374. The standard InChI is InChI=1S/C16H30N4O2/c1-4-5-7-16(21)19-15-12-20(13-18-15)10-9-17-8-6-11-22-14(2)3/h12-14,17H,4-11H2,1-3H3,(H,19,21).